The number of carbonyl (C=O) groups excluding carboxylic acids is 2. The van der Waals surface area contributed by atoms with Crippen LogP contribution in [0.15, 0.2) is 64.4 Å². The van der Waals surface area contributed by atoms with Gasteiger partial charge in [0.15, 0.2) is 0 Å². The van der Waals surface area contributed by atoms with Crippen molar-refractivity contribution in [3.05, 3.63) is 54.6 Å². The summed E-state index contributed by atoms with van der Waals surface area (Å²) in [6.07, 6.45) is 0. The van der Waals surface area contributed by atoms with Crippen LogP contribution in [0.4, 0.5) is 5.69 Å². The van der Waals surface area contributed by atoms with Crippen molar-refractivity contribution in [2.75, 3.05) is 29.5 Å². The molecule has 0 saturated carbocycles. The predicted molar refractivity (Wildman–Crippen MR) is 99.7 cm³/mol. The highest BCUT2D eigenvalue weighted by atomic mass is 32.2. The van der Waals surface area contributed by atoms with Gasteiger partial charge >= 0.3 is 0 Å². The van der Waals surface area contributed by atoms with E-state index in [4.69, 9.17) is 0 Å². The second-order valence-corrected chi connectivity index (χ2v) is 7.43. The van der Waals surface area contributed by atoms with Gasteiger partial charge < -0.3 is 10.2 Å². The molecular formula is C18H18N2O2S2. The van der Waals surface area contributed by atoms with E-state index < -0.39 is 0 Å². The molecule has 2 amide bonds. The topological polar surface area (TPSA) is 49.4 Å². The molecule has 0 spiro atoms. The van der Waals surface area contributed by atoms with E-state index in [1.807, 2.05) is 54.6 Å². The van der Waals surface area contributed by atoms with Gasteiger partial charge in [0.1, 0.15) is 6.54 Å². The Hall–Kier alpha value is -1.92. The third-order valence-electron chi connectivity index (χ3n) is 3.55. The first-order valence-electron chi connectivity index (χ1n) is 7.71. The van der Waals surface area contributed by atoms with Crippen LogP contribution in [-0.4, -0.2) is 36.4 Å². The summed E-state index contributed by atoms with van der Waals surface area (Å²) >= 11 is 3.22. The van der Waals surface area contributed by atoms with Gasteiger partial charge in [-0.15, -0.1) is 23.5 Å². The molecule has 1 heterocycles. The zero-order valence-corrected chi connectivity index (χ0v) is 14.7. The second kappa shape index (κ2) is 8.26. The molecule has 1 aliphatic rings. The molecule has 1 aliphatic heterocycles. The molecule has 0 bridgehead atoms. The van der Waals surface area contributed by atoms with Gasteiger partial charge in [-0.1, -0.05) is 30.3 Å². The normalized spacial score (nSPS) is 13.5. The molecular weight excluding hydrogens is 340 g/mol. The van der Waals surface area contributed by atoms with Crippen LogP contribution in [0.5, 0.6) is 0 Å². The van der Waals surface area contributed by atoms with Gasteiger partial charge in [0.2, 0.25) is 11.8 Å². The number of hydrogen-bond acceptors (Lipinski definition) is 4. The highest BCUT2D eigenvalue weighted by molar-refractivity contribution is 8.00. The number of rotatable bonds is 6. The van der Waals surface area contributed by atoms with E-state index in [0.29, 0.717) is 12.3 Å². The Morgan fingerprint density at radius 2 is 1.88 bits per heavy atom. The fourth-order valence-corrected chi connectivity index (χ4v) is 4.13. The molecule has 0 atom stereocenters. The molecule has 2 aromatic carbocycles. The zero-order valence-electron chi connectivity index (χ0n) is 13.1. The molecule has 4 nitrogen and oxygen atoms in total. The Balaban J connectivity index is 1.49. The maximum atomic E-state index is 12.2. The van der Waals surface area contributed by atoms with Crippen molar-refractivity contribution in [3.8, 4) is 0 Å². The maximum Gasteiger partial charge on any atom is 0.240 e. The molecule has 0 aromatic heterocycles. The van der Waals surface area contributed by atoms with Crippen molar-refractivity contribution in [2.24, 2.45) is 0 Å². The number of thioether (sulfide) groups is 2. The van der Waals surface area contributed by atoms with Gasteiger partial charge in [0.25, 0.3) is 0 Å². The maximum absolute atomic E-state index is 12.2. The summed E-state index contributed by atoms with van der Waals surface area (Å²) in [5.41, 5.74) is 0.826. The first-order valence-corrected chi connectivity index (χ1v) is 9.68. The molecule has 0 fully saturated rings. The lowest BCUT2D eigenvalue weighted by atomic mass is 10.2. The number of nitrogens with zero attached hydrogens (tertiary/aromatic N) is 1. The average Bonchev–Trinajstić information content (AvgIpc) is 2.62. The van der Waals surface area contributed by atoms with Gasteiger partial charge in [-0.3, -0.25) is 9.59 Å². The zero-order chi connectivity index (χ0) is 16.8. The van der Waals surface area contributed by atoms with E-state index in [2.05, 4.69) is 5.32 Å². The number of para-hydroxylation sites is 1. The number of benzene rings is 2. The van der Waals surface area contributed by atoms with Gasteiger partial charge in [0.05, 0.1) is 11.4 Å². The predicted octanol–water partition coefficient (Wildman–Crippen LogP) is 3.03. The number of nitrogens with one attached hydrogen (secondary N) is 1. The van der Waals surface area contributed by atoms with Crippen LogP contribution in [0.25, 0.3) is 0 Å². The monoisotopic (exact) mass is 358 g/mol. The summed E-state index contributed by atoms with van der Waals surface area (Å²) in [7, 11) is 0. The number of amides is 2. The van der Waals surface area contributed by atoms with E-state index in [1.165, 1.54) is 16.7 Å². The Morgan fingerprint density at radius 1 is 1.12 bits per heavy atom. The molecule has 124 valence electrons. The molecule has 24 heavy (non-hydrogen) atoms. The Morgan fingerprint density at radius 3 is 2.71 bits per heavy atom. The second-order valence-electron chi connectivity index (χ2n) is 5.25. The van der Waals surface area contributed by atoms with Crippen LogP contribution in [0.3, 0.4) is 0 Å². The third-order valence-corrected chi connectivity index (χ3v) is 5.61. The molecule has 6 heteroatoms. The van der Waals surface area contributed by atoms with Crippen LogP contribution in [0.1, 0.15) is 0 Å². The SMILES string of the molecule is O=C(CN1C(=O)CSc2ccccc21)NCCSc1ccccc1. The Kier molecular flexibility index (Phi) is 5.82. The minimum Gasteiger partial charge on any atom is -0.354 e. The molecule has 3 rings (SSSR count). The van der Waals surface area contributed by atoms with Crippen molar-refractivity contribution < 1.29 is 9.59 Å². The highest BCUT2D eigenvalue weighted by Crippen LogP contribution is 2.34. The van der Waals surface area contributed by atoms with E-state index in [1.54, 1.807) is 16.7 Å². The quantitative estimate of drug-likeness (QED) is 0.637. The summed E-state index contributed by atoms with van der Waals surface area (Å²) in [4.78, 5) is 28.1. The number of anilines is 1. The van der Waals surface area contributed by atoms with Gasteiger partial charge in [-0.25, -0.2) is 0 Å². The summed E-state index contributed by atoms with van der Waals surface area (Å²) in [6.45, 7) is 0.656. The molecule has 0 radical (unpaired) electrons. The fraction of sp³-hybridized carbons (Fsp3) is 0.222. The fourth-order valence-electron chi connectivity index (χ4n) is 2.40. The van der Waals surface area contributed by atoms with Crippen molar-refractivity contribution in [2.45, 2.75) is 9.79 Å². The van der Waals surface area contributed by atoms with E-state index in [0.717, 1.165) is 16.3 Å². The van der Waals surface area contributed by atoms with Gasteiger partial charge in [0, 0.05) is 22.1 Å². The third kappa shape index (κ3) is 4.33. The Labute approximate surface area is 150 Å². The minimum absolute atomic E-state index is 0.0208. The van der Waals surface area contributed by atoms with Gasteiger partial charge in [-0.05, 0) is 24.3 Å². The van der Waals surface area contributed by atoms with E-state index >= 15 is 0 Å². The van der Waals surface area contributed by atoms with Crippen LogP contribution in [-0.2, 0) is 9.59 Å². The summed E-state index contributed by atoms with van der Waals surface area (Å²) < 4.78 is 0. The van der Waals surface area contributed by atoms with Crippen LogP contribution in [0, 0.1) is 0 Å². The van der Waals surface area contributed by atoms with Crippen LogP contribution < -0.4 is 10.2 Å². The molecule has 1 N–H and O–H groups in total. The molecule has 0 saturated heterocycles. The lowest BCUT2D eigenvalue weighted by Crippen LogP contribution is -2.43. The Bertz CT molecular complexity index is 722. The standard InChI is InChI=1S/C18H18N2O2S2/c21-17(19-10-11-23-14-6-2-1-3-7-14)12-20-15-8-4-5-9-16(15)24-13-18(20)22/h1-9H,10-13H2,(H,19,21). The first kappa shape index (κ1) is 16.9. The van der Waals surface area contributed by atoms with Crippen molar-refractivity contribution >= 4 is 41.0 Å². The van der Waals surface area contributed by atoms with E-state index in [-0.39, 0.29) is 18.4 Å². The van der Waals surface area contributed by atoms with Crippen LogP contribution >= 0.6 is 23.5 Å². The van der Waals surface area contributed by atoms with Crippen LogP contribution in [0.2, 0.25) is 0 Å². The van der Waals surface area contributed by atoms with Gasteiger partial charge in [-0.2, -0.15) is 0 Å². The van der Waals surface area contributed by atoms with Crippen molar-refractivity contribution in [3.63, 3.8) is 0 Å². The summed E-state index contributed by atoms with van der Waals surface area (Å²) in [6, 6.07) is 17.8. The summed E-state index contributed by atoms with van der Waals surface area (Å²) in [5.74, 6) is 1.04. The summed E-state index contributed by atoms with van der Waals surface area (Å²) in [5, 5.41) is 2.89. The number of fused-ring (bicyclic) bond motifs is 1. The smallest absolute Gasteiger partial charge is 0.240 e. The molecule has 0 aliphatic carbocycles. The molecule has 0 unspecified atom stereocenters. The van der Waals surface area contributed by atoms with Crippen molar-refractivity contribution in [1.82, 2.24) is 5.32 Å². The highest BCUT2D eigenvalue weighted by Gasteiger charge is 2.25. The average molecular weight is 358 g/mol. The number of hydrogen-bond donors (Lipinski definition) is 1. The largest absolute Gasteiger partial charge is 0.354 e. The molecule has 2 aromatic rings. The van der Waals surface area contributed by atoms with Crippen molar-refractivity contribution in [1.29, 1.82) is 0 Å². The first-order chi connectivity index (χ1) is 11.7. The minimum atomic E-state index is -0.126. The number of carbonyl (C=O) groups is 2. The lowest BCUT2D eigenvalue weighted by molar-refractivity contribution is -0.122. The lowest BCUT2D eigenvalue weighted by Gasteiger charge is -2.28. The van der Waals surface area contributed by atoms with E-state index in [9.17, 15) is 9.59 Å².